The number of hydrogen-bond donors (Lipinski definition) is 0. The molecule has 9 heteroatoms. The molecular weight excluding hydrogens is 326 g/mol. The predicted molar refractivity (Wildman–Crippen MR) is 74.0 cm³/mol. The van der Waals surface area contributed by atoms with Crippen LogP contribution >= 0.6 is 0 Å². The van der Waals surface area contributed by atoms with Gasteiger partial charge in [-0.05, 0) is 29.5 Å². The van der Waals surface area contributed by atoms with Crippen LogP contribution in [0.3, 0.4) is 0 Å². The highest BCUT2D eigenvalue weighted by molar-refractivity contribution is 7.86. The topological polar surface area (TPSA) is 56.3 Å². The lowest BCUT2D eigenvalue weighted by Crippen LogP contribution is -2.07. The Morgan fingerprint density at radius 1 is 0.909 bits per heavy atom. The summed E-state index contributed by atoms with van der Waals surface area (Å²) in [7, 11) is -4.08. The quantitative estimate of drug-likeness (QED) is 0.523. The van der Waals surface area contributed by atoms with Crippen molar-refractivity contribution >= 4 is 10.1 Å². The lowest BCUT2D eigenvalue weighted by molar-refractivity contribution is -0.135. The van der Waals surface area contributed by atoms with E-state index in [2.05, 4.69) is 9.37 Å². The van der Waals surface area contributed by atoms with Crippen molar-refractivity contribution in [3.8, 4) is 0 Å². The third kappa shape index (κ3) is 15.2. The Labute approximate surface area is 127 Å². The average Bonchev–Trinajstić information content (AvgIpc) is 2.47. The third-order valence-corrected chi connectivity index (χ3v) is 3.50. The van der Waals surface area contributed by atoms with Crippen LogP contribution in [0, 0.1) is 0 Å². The van der Waals surface area contributed by atoms with Crippen molar-refractivity contribution in [2.45, 2.75) is 44.7 Å². The van der Waals surface area contributed by atoms with Gasteiger partial charge in [0.05, 0.1) is 5.75 Å². The van der Waals surface area contributed by atoms with Gasteiger partial charge in [-0.3, -0.25) is 4.98 Å². The molecule has 1 aromatic heterocycles. The average molecular weight is 345 g/mol. The van der Waals surface area contributed by atoms with Crippen LogP contribution in [-0.4, -0.2) is 25.3 Å². The Morgan fingerprint density at radius 2 is 1.45 bits per heavy atom. The third-order valence-electron chi connectivity index (χ3n) is 2.52. The molecule has 0 unspecified atom stereocenters. The van der Waals surface area contributed by atoms with Crippen molar-refractivity contribution in [3.63, 3.8) is 0 Å². The van der Waals surface area contributed by atoms with Crippen molar-refractivity contribution in [2.75, 3.05) is 5.75 Å². The van der Waals surface area contributed by atoms with Gasteiger partial charge in [0.25, 0.3) is 10.1 Å². The van der Waals surface area contributed by atoms with E-state index in [0.29, 0.717) is 19.3 Å². The maximum Gasteiger partial charge on any atom is 0.389 e. The first-order valence-electron chi connectivity index (χ1n) is 6.71. The van der Waals surface area contributed by atoms with Crippen LogP contribution < -0.4 is 0 Å². The first-order chi connectivity index (χ1) is 10.3. The first-order valence-corrected chi connectivity index (χ1v) is 8.29. The van der Waals surface area contributed by atoms with Crippen LogP contribution in [0.2, 0.25) is 0 Å². The second-order valence-electron chi connectivity index (χ2n) is 4.48. The number of aromatic nitrogens is 1. The number of pyridine rings is 1. The van der Waals surface area contributed by atoms with Crippen LogP contribution in [0.1, 0.15) is 38.5 Å². The van der Waals surface area contributed by atoms with Gasteiger partial charge in [-0.1, -0.05) is 29.7 Å². The number of halogens is 4. The van der Waals surface area contributed by atoms with Crippen LogP contribution in [0.5, 0.6) is 0 Å². The molecule has 0 amide bonds. The van der Waals surface area contributed by atoms with Gasteiger partial charge in [0.1, 0.15) is 0 Å². The summed E-state index contributed by atoms with van der Waals surface area (Å²) in [5.74, 6) is -0.442. The Kier molecular flexibility index (Phi) is 10.7. The molecule has 1 rings (SSSR count). The summed E-state index contributed by atoms with van der Waals surface area (Å²) in [4.78, 5) is 3.78. The van der Waals surface area contributed by atoms with Crippen molar-refractivity contribution in [3.05, 3.63) is 30.6 Å². The fraction of sp³-hybridized carbons (Fsp3) is 0.615. The molecule has 1 aromatic rings. The monoisotopic (exact) mass is 345 g/mol. The summed E-state index contributed by atoms with van der Waals surface area (Å²) >= 11 is 0. The summed E-state index contributed by atoms with van der Waals surface area (Å²) in [6.45, 7) is 0. The Bertz CT molecular complexity index is 439. The molecule has 22 heavy (non-hydrogen) atoms. The summed E-state index contributed by atoms with van der Waals surface area (Å²) in [5.41, 5.74) is 0. The molecule has 0 saturated carbocycles. The van der Waals surface area contributed by atoms with Crippen molar-refractivity contribution < 1.29 is 30.5 Å². The van der Waals surface area contributed by atoms with Gasteiger partial charge in [-0.25, -0.2) is 0 Å². The molecule has 0 aliphatic heterocycles. The minimum atomic E-state index is -4.13. The van der Waals surface area contributed by atoms with Gasteiger partial charge in [0.2, 0.25) is 0 Å². The fourth-order valence-corrected chi connectivity index (χ4v) is 2.10. The highest BCUT2D eigenvalue weighted by atomic mass is 32.2. The molecule has 0 aliphatic carbocycles. The molecular formula is C13H19F4NO3S. The van der Waals surface area contributed by atoms with Gasteiger partial charge in [0.15, 0.2) is 0 Å². The number of hydrogen-bond acceptors (Lipinski definition) is 4. The Hall–Kier alpha value is -1.22. The van der Waals surface area contributed by atoms with Gasteiger partial charge in [-0.2, -0.15) is 21.6 Å². The molecule has 1 heterocycles. The van der Waals surface area contributed by atoms with E-state index < -0.39 is 28.5 Å². The minimum absolute atomic E-state index is 0.0376. The van der Waals surface area contributed by atoms with E-state index in [-0.39, 0.29) is 12.8 Å². The van der Waals surface area contributed by atoms with Crippen LogP contribution in [0.15, 0.2) is 30.6 Å². The maximum atomic E-state index is 11.7. The van der Waals surface area contributed by atoms with E-state index in [9.17, 15) is 26.1 Å². The Morgan fingerprint density at radius 3 is 1.86 bits per heavy atom. The van der Waals surface area contributed by atoms with Crippen LogP contribution in [0.4, 0.5) is 17.7 Å². The van der Waals surface area contributed by atoms with Crippen molar-refractivity contribution in [1.82, 2.24) is 4.98 Å². The smallest absolute Gasteiger partial charge is 0.265 e. The lowest BCUT2D eigenvalue weighted by atomic mass is 10.1. The SMILES string of the molecule is O=S(=O)(CCCCCCCC(F)(F)F)OF.c1ccncc1. The number of unbranched alkanes of at least 4 members (excludes halogenated alkanes) is 4. The zero-order chi connectivity index (χ0) is 16.9. The zero-order valence-electron chi connectivity index (χ0n) is 11.9. The molecule has 0 aromatic carbocycles. The van der Waals surface area contributed by atoms with Gasteiger partial charge < -0.3 is 0 Å². The molecule has 0 saturated heterocycles. The largest absolute Gasteiger partial charge is 0.389 e. The standard InChI is InChI=1S/C8H14F4O3S.C5H5N/c9-8(10,11)6-4-2-1-3-5-7-16(13,14)15-12;1-2-4-6-5-3-1/h1-7H2;1-5H. The molecule has 0 aliphatic rings. The fourth-order valence-electron chi connectivity index (χ4n) is 1.48. The van der Waals surface area contributed by atoms with Crippen molar-refractivity contribution in [2.24, 2.45) is 0 Å². The van der Waals surface area contributed by atoms with E-state index in [1.54, 1.807) is 12.4 Å². The minimum Gasteiger partial charge on any atom is -0.265 e. The molecule has 4 nitrogen and oxygen atoms in total. The number of nitrogens with zero attached hydrogens (tertiary/aromatic N) is 1. The number of rotatable bonds is 8. The first kappa shape index (κ1) is 20.8. The molecule has 0 atom stereocenters. The summed E-state index contributed by atoms with van der Waals surface area (Å²) in [6.07, 6.45) is 0.104. The van der Waals surface area contributed by atoms with E-state index in [1.807, 2.05) is 18.2 Å². The van der Waals surface area contributed by atoms with Crippen LogP contribution in [-0.2, 0) is 14.5 Å². The second kappa shape index (κ2) is 11.4. The van der Waals surface area contributed by atoms with Gasteiger partial charge in [0, 0.05) is 18.8 Å². The highest BCUT2D eigenvalue weighted by Gasteiger charge is 2.25. The molecule has 0 fully saturated rings. The van der Waals surface area contributed by atoms with Gasteiger partial charge in [-0.15, -0.1) is 0 Å². The summed E-state index contributed by atoms with van der Waals surface area (Å²) in [5, 5.41) is 0. The van der Waals surface area contributed by atoms with E-state index in [0.717, 1.165) is 0 Å². The van der Waals surface area contributed by atoms with E-state index in [1.165, 1.54) is 0 Å². The molecule has 0 N–H and O–H groups in total. The predicted octanol–water partition coefficient (Wildman–Crippen LogP) is 4.20. The Balaban J connectivity index is 0.000000604. The summed E-state index contributed by atoms with van der Waals surface area (Å²) in [6, 6.07) is 5.72. The lowest BCUT2D eigenvalue weighted by Gasteiger charge is -2.05. The zero-order valence-corrected chi connectivity index (χ0v) is 12.7. The molecule has 0 bridgehead atoms. The molecule has 128 valence electrons. The normalized spacial score (nSPS) is 11.6. The maximum absolute atomic E-state index is 11.7. The molecule has 0 radical (unpaired) electrons. The van der Waals surface area contributed by atoms with Gasteiger partial charge >= 0.3 is 6.18 Å². The van der Waals surface area contributed by atoms with E-state index >= 15 is 0 Å². The van der Waals surface area contributed by atoms with E-state index in [4.69, 9.17) is 0 Å². The number of alkyl halides is 3. The van der Waals surface area contributed by atoms with Crippen molar-refractivity contribution in [1.29, 1.82) is 0 Å². The summed E-state index contributed by atoms with van der Waals surface area (Å²) < 4.78 is 70.1. The second-order valence-corrected chi connectivity index (χ2v) is 6.13. The molecule has 0 spiro atoms. The van der Waals surface area contributed by atoms with Crippen LogP contribution in [0.25, 0.3) is 0 Å². The highest BCUT2D eigenvalue weighted by Crippen LogP contribution is 2.23.